The third kappa shape index (κ3) is 2.33. The Balaban J connectivity index is 2.52. The minimum Gasteiger partial charge on any atom is -0.480 e. The van der Waals surface area contributed by atoms with Crippen LogP contribution in [0.2, 0.25) is 10.0 Å². The van der Waals surface area contributed by atoms with Crippen LogP contribution in [0.5, 0.6) is 5.88 Å². The Labute approximate surface area is 114 Å². The molecule has 0 amide bonds. The first-order chi connectivity index (χ1) is 8.65. The van der Waals surface area contributed by atoms with Gasteiger partial charge in [-0.3, -0.25) is 4.79 Å². The number of hydrogen-bond donors (Lipinski definition) is 0. The van der Waals surface area contributed by atoms with Gasteiger partial charge in [0.15, 0.2) is 5.78 Å². The first-order valence-electron chi connectivity index (χ1n) is 5.13. The van der Waals surface area contributed by atoms with Gasteiger partial charge in [0.2, 0.25) is 5.88 Å². The predicted molar refractivity (Wildman–Crippen MR) is 70.7 cm³/mol. The lowest BCUT2D eigenvalue weighted by Gasteiger charge is -2.07. The number of pyridine rings is 1. The molecule has 92 valence electrons. The van der Waals surface area contributed by atoms with Crippen LogP contribution < -0.4 is 4.74 Å². The standard InChI is InChI=1S/C13H9Cl2NO2/c1-18-13-9(5-3-7-16-13)12(17)8-4-2-6-10(14)11(8)15/h2-7H,1H3. The predicted octanol–water partition coefficient (Wildman–Crippen LogP) is 3.63. The van der Waals surface area contributed by atoms with Crippen molar-refractivity contribution in [2.75, 3.05) is 7.11 Å². The molecule has 1 aromatic carbocycles. The summed E-state index contributed by atoms with van der Waals surface area (Å²) in [6.07, 6.45) is 1.55. The van der Waals surface area contributed by atoms with Crippen LogP contribution in [0, 0.1) is 0 Å². The molecule has 0 fully saturated rings. The second kappa shape index (κ2) is 5.38. The molecule has 18 heavy (non-hydrogen) atoms. The molecule has 2 rings (SSSR count). The minimum atomic E-state index is -0.271. The van der Waals surface area contributed by atoms with Gasteiger partial charge >= 0.3 is 0 Å². The van der Waals surface area contributed by atoms with Crippen molar-refractivity contribution in [1.29, 1.82) is 0 Å². The van der Waals surface area contributed by atoms with Crippen molar-refractivity contribution in [3.05, 3.63) is 57.7 Å². The number of aromatic nitrogens is 1. The molecular weight excluding hydrogens is 273 g/mol. The summed E-state index contributed by atoms with van der Waals surface area (Å²) in [7, 11) is 1.46. The van der Waals surface area contributed by atoms with Gasteiger partial charge in [0.05, 0.1) is 22.7 Å². The molecule has 0 atom stereocenters. The largest absolute Gasteiger partial charge is 0.480 e. The Morgan fingerprint density at radius 1 is 1.17 bits per heavy atom. The first kappa shape index (κ1) is 12.9. The van der Waals surface area contributed by atoms with Gasteiger partial charge in [-0.05, 0) is 24.3 Å². The molecule has 0 aliphatic carbocycles. The Kier molecular flexibility index (Phi) is 3.84. The van der Waals surface area contributed by atoms with Crippen LogP contribution in [-0.2, 0) is 0 Å². The number of nitrogens with zero attached hydrogens (tertiary/aromatic N) is 1. The average molecular weight is 282 g/mol. The molecule has 0 unspecified atom stereocenters. The average Bonchev–Trinajstić information content (AvgIpc) is 2.41. The van der Waals surface area contributed by atoms with E-state index in [-0.39, 0.29) is 16.7 Å². The first-order valence-corrected chi connectivity index (χ1v) is 5.88. The van der Waals surface area contributed by atoms with Crippen molar-refractivity contribution in [1.82, 2.24) is 4.98 Å². The highest BCUT2D eigenvalue weighted by Gasteiger charge is 2.18. The number of hydrogen-bond acceptors (Lipinski definition) is 3. The molecular formula is C13H9Cl2NO2. The fourth-order valence-electron chi connectivity index (χ4n) is 1.55. The highest BCUT2D eigenvalue weighted by atomic mass is 35.5. The number of ketones is 1. The monoisotopic (exact) mass is 281 g/mol. The number of benzene rings is 1. The zero-order valence-corrected chi connectivity index (χ0v) is 11.0. The SMILES string of the molecule is COc1ncccc1C(=O)c1cccc(Cl)c1Cl. The van der Waals surface area contributed by atoms with Crippen molar-refractivity contribution in [2.24, 2.45) is 0 Å². The third-order valence-electron chi connectivity index (χ3n) is 2.41. The van der Waals surface area contributed by atoms with E-state index in [1.165, 1.54) is 7.11 Å². The number of halogens is 2. The maximum absolute atomic E-state index is 12.3. The van der Waals surface area contributed by atoms with Gasteiger partial charge in [0.1, 0.15) is 0 Å². The fourth-order valence-corrected chi connectivity index (χ4v) is 1.94. The van der Waals surface area contributed by atoms with Crippen LogP contribution in [0.4, 0.5) is 0 Å². The lowest BCUT2D eigenvalue weighted by Crippen LogP contribution is -2.05. The van der Waals surface area contributed by atoms with E-state index in [1.54, 1.807) is 36.5 Å². The normalized spacial score (nSPS) is 10.2. The lowest BCUT2D eigenvalue weighted by atomic mass is 10.0. The molecule has 0 aliphatic rings. The van der Waals surface area contributed by atoms with E-state index in [0.29, 0.717) is 16.1 Å². The summed E-state index contributed by atoms with van der Waals surface area (Å²) in [5.41, 5.74) is 0.680. The second-order valence-corrected chi connectivity index (χ2v) is 4.28. The van der Waals surface area contributed by atoms with E-state index in [1.807, 2.05) is 0 Å². The van der Waals surface area contributed by atoms with E-state index in [2.05, 4.69) is 4.98 Å². The zero-order valence-electron chi connectivity index (χ0n) is 9.48. The van der Waals surface area contributed by atoms with Gasteiger partial charge in [0, 0.05) is 11.8 Å². The Morgan fingerprint density at radius 2 is 1.89 bits per heavy atom. The summed E-state index contributed by atoms with van der Waals surface area (Å²) in [6, 6.07) is 8.20. The van der Waals surface area contributed by atoms with Crippen LogP contribution in [0.15, 0.2) is 36.5 Å². The van der Waals surface area contributed by atoms with E-state index < -0.39 is 0 Å². The molecule has 1 heterocycles. The van der Waals surface area contributed by atoms with E-state index in [0.717, 1.165) is 0 Å². The third-order valence-corrected chi connectivity index (χ3v) is 3.22. The Bertz CT molecular complexity index is 599. The van der Waals surface area contributed by atoms with Gasteiger partial charge < -0.3 is 4.74 Å². The van der Waals surface area contributed by atoms with Crippen LogP contribution in [0.25, 0.3) is 0 Å². The number of carbonyl (C=O) groups excluding carboxylic acids is 1. The number of rotatable bonds is 3. The molecule has 1 aromatic heterocycles. The Hall–Kier alpha value is -1.58. The Morgan fingerprint density at radius 3 is 2.61 bits per heavy atom. The van der Waals surface area contributed by atoms with Gasteiger partial charge in [-0.2, -0.15) is 0 Å². The summed E-state index contributed by atoms with van der Waals surface area (Å²) in [4.78, 5) is 16.3. The molecule has 0 N–H and O–H groups in total. The highest BCUT2D eigenvalue weighted by Crippen LogP contribution is 2.28. The number of methoxy groups -OCH3 is 1. The van der Waals surface area contributed by atoms with E-state index in [4.69, 9.17) is 27.9 Å². The second-order valence-electron chi connectivity index (χ2n) is 3.49. The number of ether oxygens (including phenoxy) is 1. The van der Waals surface area contributed by atoms with Crippen molar-refractivity contribution >= 4 is 29.0 Å². The van der Waals surface area contributed by atoms with Crippen LogP contribution >= 0.6 is 23.2 Å². The smallest absolute Gasteiger partial charge is 0.224 e. The van der Waals surface area contributed by atoms with Crippen molar-refractivity contribution in [3.63, 3.8) is 0 Å². The van der Waals surface area contributed by atoms with Crippen molar-refractivity contribution < 1.29 is 9.53 Å². The van der Waals surface area contributed by atoms with Crippen molar-refractivity contribution in [3.8, 4) is 5.88 Å². The quantitative estimate of drug-likeness (QED) is 0.807. The molecule has 0 saturated carbocycles. The maximum Gasteiger partial charge on any atom is 0.224 e. The van der Waals surface area contributed by atoms with Gasteiger partial charge in [-0.15, -0.1) is 0 Å². The fraction of sp³-hybridized carbons (Fsp3) is 0.0769. The molecule has 0 radical (unpaired) electrons. The molecule has 2 aromatic rings. The van der Waals surface area contributed by atoms with E-state index in [9.17, 15) is 4.79 Å². The zero-order chi connectivity index (χ0) is 13.1. The molecule has 0 aliphatic heterocycles. The molecule has 0 bridgehead atoms. The summed E-state index contributed by atoms with van der Waals surface area (Å²) in [6.45, 7) is 0. The topological polar surface area (TPSA) is 39.2 Å². The molecule has 0 saturated heterocycles. The number of carbonyl (C=O) groups is 1. The summed E-state index contributed by atoms with van der Waals surface area (Å²) < 4.78 is 5.05. The summed E-state index contributed by atoms with van der Waals surface area (Å²) >= 11 is 11.9. The van der Waals surface area contributed by atoms with Gasteiger partial charge in [-0.25, -0.2) is 4.98 Å². The summed E-state index contributed by atoms with van der Waals surface area (Å²) in [5.74, 6) is -0.00834. The minimum absolute atomic E-state index is 0.232. The maximum atomic E-state index is 12.3. The molecule has 3 nitrogen and oxygen atoms in total. The van der Waals surface area contributed by atoms with E-state index >= 15 is 0 Å². The highest BCUT2D eigenvalue weighted by molar-refractivity contribution is 6.44. The lowest BCUT2D eigenvalue weighted by molar-refractivity contribution is 0.103. The van der Waals surface area contributed by atoms with Gasteiger partial charge in [0.25, 0.3) is 0 Å². The van der Waals surface area contributed by atoms with Crippen LogP contribution in [0.3, 0.4) is 0 Å². The van der Waals surface area contributed by atoms with Gasteiger partial charge in [-0.1, -0.05) is 29.3 Å². The molecule has 5 heteroatoms. The van der Waals surface area contributed by atoms with Crippen LogP contribution in [-0.4, -0.2) is 17.9 Å². The summed E-state index contributed by atoms with van der Waals surface area (Å²) in [5, 5.41) is 0.570. The molecule has 0 spiro atoms. The van der Waals surface area contributed by atoms with Crippen molar-refractivity contribution in [2.45, 2.75) is 0 Å². The van der Waals surface area contributed by atoms with Crippen LogP contribution in [0.1, 0.15) is 15.9 Å².